The molecule has 172 valence electrons. The van der Waals surface area contributed by atoms with Crippen molar-refractivity contribution >= 4 is 17.9 Å². The molecule has 1 aromatic carbocycles. The Morgan fingerprint density at radius 1 is 1.10 bits per heavy atom. The van der Waals surface area contributed by atoms with Gasteiger partial charge in [-0.05, 0) is 51.3 Å². The molecule has 0 saturated heterocycles. The topological polar surface area (TPSA) is 129 Å². The van der Waals surface area contributed by atoms with E-state index < -0.39 is 35.1 Å². The van der Waals surface area contributed by atoms with E-state index in [0.717, 1.165) is 18.4 Å². The van der Waals surface area contributed by atoms with Crippen molar-refractivity contribution in [1.82, 2.24) is 10.6 Å². The number of rotatable bonds is 8. The molecule has 1 aromatic rings. The average Bonchev–Trinajstić information content (AvgIpc) is 3.15. The van der Waals surface area contributed by atoms with Crippen LogP contribution in [0.15, 0.2) is 18.2 Å². The maximum absolute atomic E-state index is 13.1. The van der Waals surface area contributed by atoms with Gasteiger partial charge in [0.2, 0.25) is 11.8 Å². The lowest BCUT2D eigenvalue weighted by molar-refractivity contribution is -0.132. The molecule has 31 heavy (non-hydrogen) atoms. The van der Waals surface area contributed by atoms with Gasteiger partial charge in [-0.15, -0.1) is 0 Å². The average molecular weight is 436 g/mol. The lowest BCUT2D eigenvalue weighted by Gasteiger charge is -2.30. The molecule has 0 bridgehead atoms. The number of carbonyl (C=O) groups excluding carboxylic acids is 3. The van der Waals surface area contributed by atoms with E-state index in [4.69, 9.17) is 19.9 Å². The van der Waals surface area contributed by atoms with Crippen molar-refractivity contribution in [3.05, 3.63) is 23.8 Å². The van der Waals surface area contributed by atoms with Crippen LogP contribution < -0.4 is 25.8 Å². The molecule has 0 aromatic heterocycles. The van der Waals surface area contributed by atoms with Crippen molar-refractivity contribution in [2.75, 3.05) is 14.2 Å². The fourth-order valence-electron chi connectivity index (χ4n) is 3.64. The summed E-state index contributed by atoms with van der Waals surface area (Å²) in [5.74, 6) is -0.0198. The van der Waals surface area contributed by atoms with E-state index in [1.165, 1.54) is 14.2 Å². The number of hydrogen-bond donors (Lipinski definition) is 3. The van der Waals surface area contributed by atoms with E-state index in [9.17, 15) is 14.4 Å². The molecule has 9 heteroatoms. The molecule has 9 nitrogen and oxygen atoms in total. The van der Waals surface area contributed by atoms with Gasteiger partial charge < -0.3 is 30.6 Å². The van der Waals surface area contributed by atoms with Gasteiger partial charge in [-0.3, -0.25) is 9.59 Å². The number of ether oxygens (including phenoxy) is 3. The first kappa shape index (κ1) is 24.3. The monoisotopic (exact) mass is 435 g/mol. The molecule has 0 radical (unpaired) electrons. The molecule has 2 rings (SSSR count). The summed E-state index contributed by atoms with van der Waals surface area (Å²) in [6, 6.07) is 4.25. The highest BCUT2D eigenvalue weighted by molar-refractivity contribution is 5.93. The normalized spacial score (nSPS) is 16.2. The van der Waals surface area contributed by atoms with Crippen molar-refractivity contribution in [3.63, 3.8) is 0 Å². The first-order chi connectivity index (χ1) is 14.5. The Balaban J connectivity index is 2.26. The second kappa shape index (κ2) is 9.89. The van der Waals surface area contributed by atoms with Crippen LogP contribution in [-0.4, -0.2) is 49.3 Å². The highest BCUT2D eigenvalue weighted by Crippen LogP contribution is 2.30. The van der Waals surface area contributed by atoms with E-state index in [-0.39, 0.29) is 6.42 Å². The summed E-state index contributed by atoms with van der Waals surface area (Å²) in [7, 11) is 3.05. The Morgan fingerprint density at radius 2 is 1.71 bits per heavy atom. The summed E-state index contributed by atoms with van der Waals surface area (Å²) < 4.78 is 15.9. The summed E-state index contributed by atoms with van der Waals surface area (Å²) in [5, 5.41) is 5.41. The van der Waals surface area contributed by atoms with E-state index in [0.29, 0.717) is 24.3 Å². The Hall–Kier alpha value is -2.97. The Labute approximate surface area is 183 Å². The van der Waals surface area contributed by atoms with Crippen LogP contribution in [-0.2, 0) is 20.7 Å². The summed E-state index contributed by atoms with van der Waals surface area (Å²) in [5.41, 5.74) is 4.50. The quantitative estimate of drug-likeness (QED) is 0.573. The summed E-state index contributed by atoms with van der Waals surface area (Å²) in [6.45, 7) is 5.20. The van der Waals surface area contributed by atoms with Crippen LogP contribution >= 0.6 is 0 Å². The molecule has 0 spiro atoms. The first-order valence-electron chi connectivity index (χ1n) is 10.3. The van der Waals surface area contributed by atoms with E-state index in [1.54, 1.807) is 39.0 Å². The number of alkyl carbamates (subject to hydrolysis) is 1. The lowest BCUT2D eigenvalue weighted by Crippen LogP contribution is -2.60. The van der Waals surface area contributed by atoms with Gasteiger partial charge >= 0.3 is 6.09 Å². The van der Waals surface area contributed by atoms with Crippen molar-refractivity contribution in [3.8, 4) is 11.5 Å². The molecule has 1 unspecified atom stereocenters. The van der Waals surface area contributed by atoms with E-state index in [2.05, 4.69) is 10.6 Å². The predicted molar refractivity (Wildman–Crippen MR) is 115 cm³/mol. The largest absolute Gasteiger partial charge is 0.493 e. The van der Waals surface area contributed by atoms with Crippen molar-refractivity contribution in [1.29, 1.82) is 0 Å². The number of amides is 3. The molecule has 1 atom stereocenters. The van der Waals surface area contributed by atoms with Crippen LogP contribution in [0.4, 0.5) is 4.79 Å². The van der Waals surface area contributed by atoms with Crippen molar-refractivity contribution < 1.29 is 28.6 Å². The third-order valence-electron chi connectivity index (χ3n) is 5.19. The first-order valence-corrected chi connectivity index (χ1v) is 10.3. The second-order valence-corrected chi connectivity index (χ2v) is 8.73. The number of carbonyl (C=O) groups is 3. The minimum Gasteiger partial charge on any atom is -0.493 e. The predicted octanol–water partition coefficient (Wildman–Crippen LogP) is 2.05. The maximum Gasteiger partial charge on any atom is 0.408 e. The van der Waals surface area contributed by atoms with Gasteiger partial charge in [-0.2, -0.15) is 0 Å². The van der Waals surface area contributed by atoms with Gasteiger partial charge in [0.1, 0.15) is 17.2 Å². The number of primary amides is 1. The van der Waals surface area contributed by atoms with Gasteiger partial charge in [-0.1, -0.05) is 18.9 Å². The molecule has 1 saturated carbocycles. The molecule has 4 N–H and O–H groups in total. The van der Waals surface area contributed by atoms with Gasteiger partial charge in [0, 0.05) is 6.42 Å². The minimum absolute atomic E-state index is 0.153. The summed E-state index contributed by atoms with van der Waals surface area (Å²) >= 11 is 0. The number of hydrogen-bond acceptors (Lipinski definition) is 6. The van der Waals surface area contributed by atoms with E-state index in [1.807, 2.05) is 0 Å². The Bertz CT molecular complexity index is 812. The van der Waals surface area contributed by atoms with Crippen LogP contribution in [0.25, 0.3) is 0 Å². The zero-order chi connectivity index (χ0) is 23.2. The van der Waals surface area contributed by atoms with Gasteiger partial charge in [0.05, 0.1) is 14.2 Å². The molecule has 1 aliphatic rings. The zero-order valence-corrected chi connectivity index (χ0v) is 18.9. The lowest BCUT2D eigenvalue weighted by atomic mass is 9.95. The van der Waals surface area contributed by atoms with Crippen molar-refractivity contribution in [2.45, 2.75) is 70.1 Å². The van der Waals surface area contributed by atoms with Gasteiger partial charge in [0.15, 0.2) is 11.5 Å². The van der Waals surface area contributed by atoms with Crippen molar-refractivity contribution in [2.24, 2.45) is 5.73 Å². The molecule has 3 amide bonds. The zero-order valence-electron chi connectivity index (χ0n) is 18.9. The molecule has 0 heterocycles. The van der Waals surface area contributed by atoms with Gasteiger partial charge in [0.25, 0.3) is 0 Å². The smallest absolute Gasteiger partial charge is 0.408 e. The Kier molecular flexibility index (Phi) is 7.75. The maximum atomic E-state index is 13.1. The SMILES string of the molecule is COc1ccc(CC(NC(=O)OC(C)(C)C)C(=O)NC2(C(N)=O)CCCC2)cc1OC. The third kappa shape index (κ3) is 6.50. The highest BCUT2D eigenvalue weighted by Gasteiger charge is 2.42. The van der Waals surface area contributed by atoms with E-state index >= 15 is 0 Å². The summed E-state index contributed by atoms with van der Waals surface area (Å²) in [4.78, 5) is 37.6. The van der Waals surface area contributed by atoms with Crippen LogP contribution in [0.3, 0.4) is 0 Å². The molecule has 1 fully saturated rings. The molecular formula is C22H33N3O6. The molecule has 1 aliphatic carbocycles. The number of nitrogens with two attached hydrogens (primary N) is 1. The number of methoxy groups -OCH3 is 2. The summed E-state index contributed by atoms with van der Waals surface area (Å²) in [6.07, 6.45) is 1.97. The molecule has 0 aliphatic heterocycles. The third-order valence-corrected chi connectivity index (χ3v) is 5.19. The van der Waals surface area contributed by atoms with Crippen LogP contribution in [0.1, 0.15) is 52.0 Å². The standard InChI is InChI=1S/C22H33N3O6/c1-21(2,3)31-20(28)24-15(12-14-8-9-16(29-4)17(13-14)30-5)18(26)25-22(19(23)27)10-6-7-11-22/h8-9,13,15H,6-7,10-12H2,1-5H3,(H2,23,27)(H,24,28)(H,25,26). The van der Waals surface area contributed by atoms with Crippen LogP contribution in [0.5, 0.6) is 11.5 Å². The minimum atomic E-state index is -1.09. The fraction of sp³-hybridized carbons (Fsp3) is 0.591. The second-order valence-electron chi connectivity index (χ2n) is 8.73. The highest BCUT2D eigenvalue weighted by atomic mass is 16.6. The number of benzene rings is 1. The fourth-order valence-corrected chi connectivity index (χ4v) is 3.64. The van der Waals surface area contributed by atoms with Crippen LogP contribution in [0, 0.1) is 0 Å². The van der Waals surface area contributed by atoms with Gasteiger partial charge in [-0.25, -0.2) is 4.79 Å². The number of nitrogens with one attached hydrogen (secondary N) is 2. The molecular weight excluding hydrogens is 402 g/mol. The van der Waals surface area contributed by atoms with Crippen LogP contribution in [0.2, 0.25) is 0 Å². The Morgan fingerprint density at radius 3 is 2.23 bits per heavy atom.